The summed E-state index contributed by atoms with van der Waals surface area (Å²) < 4.78 is 13.5. The zero-order chi connectivity index (χ0) is 10.8. The Hall–Kier alpha value is -0.471. The van der Waals surface area contributed by atoms with Crippen molar-refractivity contribution in [2.75, 3.05) is 0 Å². The fourth-order valence-electron chi connectivity index (χ4n) is 1.36. The second-order valence-electron chi connectivity index (χ2n) is 3.13. The molecule has 1 aromatic carbocycles. The van der Waals surface area contributed by atoms with E-state index < -0.39 is 0 Å². The summed E-state index contributed by atoms with van der Waals surface area (Å²) in [5.41, 5.74) is 1.02. The van der Waals surface area contributed by atoms with Gasteiger partial charge in [-0.2, -0.15) is 0 Å². The number of hydrogen-bond acceptors (Lipinski definition) is 1. The van der Waals surface area contributed by atoms with Crippen LogP contribution >= 0.6 is 0 Å². The van der Waals surface area contributed by atoms with E-state index in [-0.39, 0.29) is 31.5 Å². The third-order valence-corrected chi connectivity index (χ3v) is 5.43. The summed E-state index contributed by atoms with van der Waals surface area (Å²) in [6.45, 7) is 0. The summed E-state index contributed by atoms with van der Waals surface area (Å²) in [6, 6.07) is 6.35. The first-order valence-electron chi connectivity index (χ1n) is 4.36. The molecule has 1 heterocycles. The van der Waals surface area contributed by atoms with E-state index in [4.69, 9.17) is 0 Å². The van der Waals surface area contributed by atoms with Crippen molar-refractivity contribution in [1.29, 1.82) is 0 Å². The molecule has 2 rings (SSSR count). The average Bonchev–Trinajstić information content (AvgIpc) is 2.17. The SMILES string of the molecule is O=C1CC(c2ccc(F)cc2)[Se]C([Se])=N1. The third-order valence-electron chi connectivity index (χ3n) is 2.06. The van der Waals surface area contributed by atoms with Gasteiger partial charge in [-0.25, -0.2) is 0 Å². The maximum atomic E-state index is 12.7. The topological polar surface area (TPSA) is 29.4 Å². The fraction of sp³-hybridized carbons (Fsp3) is 0.200. The number of rotatable bonds is 1. The zero-order valence-electron chi connectivity index (χ0n) is 7.64. The van der Waals surface area contributed by atoms with Crippen molar-refractivity contribution < 1.29 is 9.18 Å². The van der Waals surface area contributed by atoms with Gasteiger partial charge in [-0.1, -0.05) is 0 Å². The molecule has 1 aromatic rings. The molecule has 0 N–H and O–H groups in total. The minimum atomic E-state index is -0.245. The van der Waals surface area contributed by atoms with Crippen LogP contribution in [0.25, 0.3) is 0 Å². The summed E-state index contributed by atoms with van der Waals surface area (Å²) in [4.78, 5) is 15.3. The quantitative estimate of drug-likeness (QED) is 0.706. The molecular weight excluding hydrogens is 327 g/mol. The zero-order valence-corrected chi connectivity index (χ0v) is 11.1. The second-order valence-corrected chi connectivity index (χ2v) is 7.75. The van der Waals surface area contributed by atoms with E-state index in [1.165, 1.54) is 12.1 Å². The third kappa shape index (κ3) is 2.76. The van der Waals surface area contributed by atoms with E-state index in [0.717, 1.165) is 9.07 Å². The van der Waals surface area contributed by atoms with Gasteiger partial charge in [0.1, 0.15) is 0 Å². The van der Waals surface area contributed by atoms with Gasteiger partial charge in [-0.05, 0) is 0 Å². The maximum absolute atomic E-state index is 12.7. The van der Waals surface area contributed by atoms with Crippen molar-refractivity contribution in [2.24, 2.45) is 4.99 Å². The standard InChI is InChI=1S/C10H7FNOSe2/c11-7-3-1-6(2-4-7)8-5-9(13)12-10(14)15-8/h1-4,8H,5H2. The van der Waals surface area contributed by atoms with Crippen LogP contribution in [0.1, 0.15) is 16.8 Å². The number of carbonyl (C=O) groups is 1. The van der Waals surface area contributed by atoms with Gasteiger partial charge in [0.2, 0.25) is 0 Å². The van der Waals surface area contributed by atoms with Crippen LogP contribution in [0.4, 0.5) is 4.39 Å². The molecule has 0 aliphatic carbocycles. The van der Waals surface area contributed by atoms with Crippen molar-refractivity contribution in [3.63, 3.8) is 0 Å². The molecular formula is C10H7FNOSe2. The molecule has 1 atom stereocenters. The molecule has 1 amide bonds. The first kappa shape index (κ1) is 11.0. The molecule has 1 unspecified atom stereocenters. The minimum absolute atomic E-state index is 0.0915. The molecule has 0 bridgehead atoms. The van der Waals surface area contributed by atoms with Crippen LogP contribution in [0.15, 0.2) is 29.3 Å². The fourth-order valence-corrected chi connectivity index (χ4v) is 4.76. The first-order chi connectivity index (χ1) is 7.15. The normalized spacial score (nSPS) is 21.3. The van der Waals surface area contributed by atoms with Crippen LogP contribution in [0.5, 0.6) is 0 Å². The summed E-state index contributed by atoms with van der Waals surface area (Å²) in [5.74, 6) is -0.337. The molecule has 0 spiro atoms. The van der Waals surface area contributed by atoms with Gasteiger partial charge >= 0.3 is 101 Å². The van der Waals surface area contributed by atoms with Gasteiger partial charge in [-0.15, -0.1) is 0 Å². The Labute approximate surface area is 101 Å². The van der Waals surface area contributed by atoms with Crippen molar-refractivity contribution in [1.82, 2.24) is 0 Å². The Morgan fingerprint density at radius 1 is 1.40 bits per heavy atom. The van der Waals surface area contributed by atoms with Crippen LogP contribution in [0, 0.1) is 5.82 Å². The van der Waals surface area contributed by atoms with E-state index in [1.807, 2.05) is 0 Å². The molecule has 15 heavy (non-hydrogen) atoms. The van der Waals surface area contributed by atoms with Gasteiger partial charge in [0.05, 0.1) is 0 Å². The van der Waals surface area contributed by atoms with Crippen molar-refractivity contribution in [3.05, 3.63) is 35.6 Å². The van der Waals surface area contributed by atoms with Crippen LogP contribution < -0.4 is 0 Å². The van der Waals surface area contributed by atoms with E-state index in [9.17, 15) is 9.18 Å². The molecule has 0 aromatic heterocycles. The number of aliphatic imine (C=N–C) groups is 1. The molecule has 77 valence electrons. The number of halogens is 1. The van der Waals surface area contributed by atoms with Gasteiger partial charge in [0, 0.05) is 0 Å². The predicted octanol–water partition coefficient (Wildman–Crippen LogP) is 1.03. The molecule has 1 radical (unpaired) electrons. The van der Waals surface area contributed by atoms with E-state index in [1.54, 1.807) is 12.1 Å². The van der Waals surface area contributed by atoms with Crippen LogP contribution in [-0.2, 0) is 4.79 Å². The monoisotopic (exact) mass is 336 g/mol. The van der Waals surface area contributed by atoms with Crippen LogP contribution in [0.2, 0.25) is 0 Å². The molecule has 2 nitrogen and oxygen atoms in total. The number of amides is 1. The first-order valence-corrected chi connectivity index (χ1v) is 7.06. The summed E-state index contributed by atoms with van der Waals surface area (Å²) in [7, 11) is 0. The number of hydrogen-bond donors (Lipinski definition) is 0. The number of nitrogens with zero attached hydrogens (tertiary/aromatic N) is 1. The van der Waals surface area contributed by atoms with Crippen molar-refractivity contribution in [2.45, 2.75) is 11.2 Å². The van der Waals surface area contributed by atoms with E-state index >= 15 is 0 Å². The van der Waals surface area contributed by atoms with Gasteiger partial charge in [-0.3, -0.25) is 0 Å². The Morgan fingerprint density at radius 2 is 2.07 bits per heavy atom. The Bertz CT molecular complexity index is 416. The summed E-state index contributed by atoms with van der Waals surface area (Å²) in [6.07, 6.45) is 0.441. The van der Waals surface area contributed by atoms with Crippen LogP contribution in [-0.4, -0.2) is 40.4 Å². The van der Waals surface area contributed by atoms with Crippen molar-refractivity contribution >= 4 is 40.4 Å². The molecule has 0 saturated heterocycles. The molecule has 0 fully saturated rings. The molecule has 1 aliphatic heterocycles. The second kappa shape index (κ2) is 4.58. The van der Waals surface area contributed by atoms with Crippen molar-refractivity contribution in [3.8, 4) is 0 Å². The number of benzene rings is 1. The van der Waals surface area contributed by atoms with E-state index in [2.05, 4.69) is 21.0 Å². The molecule has 0 saturated carbocycles. The van der Waals surface area contributed by atoms with Gasteiger partial charge in [0.15, 0.2) is 0 Å². The van der Waals surface area contributed by atoms with Gasteiger partial charge in [0.25, 0.3) is 0 Å². The van der Waals surface area contributed by atoms with Crippen LogP contribution in [0.3, 0.4) is 0 Å². The molecule has 1 aliphatic rings. The summed E-state index contributed by atoms with van der Waals surface area (Å²) in [5, 5.41) is 0. The Kier molecular flexibility index (Phi) is 3.37. The predicted molar refractivity (Wildman–Crippen MR) is 57.7 cm³/mol. The van der Waals surface area contributed by atoms with E-state index in [0.29, 0.717) is 6.42 Å². The summed E-state index contributed by atoms with van der Waals surface area (Å²) >= 11 is 2.96. The van der Waals surface area contributed by atoms with Gasteiger partial charge < -0.3 is 0 Å². The molecule has 5 heteroatoms. The average molecular weight is 334 g/mol. The Morgan fingerprint density at radius 3 is 2.67 bits per heavy atom. The Balaban J connectivity index is 2.22. The number of carbonyl (C=O) groups excluding carboxylic acids is 1.